The van der Waals surface area contributed by atoms with E-state index in [2.05, 4.69) is 14.4 Å². The van der Waals surface area contributed by atoms with E-state index in [0.29, 0.717) is 11.2 Å². The number of hydrogen-bond donors (Lipinski definition) is 0. The van der Waals surface area contributed by atoms with Gasteiger partial charge < -0.3 is 8.75 Å². The number of aryl methyl sites for hydroxylation is 1. The first-order valence-corrected chi connectivity index (χ1v) is 13.6. The van der Waals surface area contributed by atoms with Crippen LogP contribution in [0.4, 0.5) is 13.2 Å². The lowest BCUT2D eigenvalue weighted by Gasteiger charge is -2.17. The van der Waals surface area contributed by atoms with E-state index in [1.54, 1.807) is 71.2 Å². The Hall–Kier alpha value is -4.91. The molecule has 0 atom stereocenters. The van der Waals surface area contributed by atoms with Crippen LogP contribution in [0.1, 0.15) is 11.1 Å². The summed E-state index contributed by atoms with van der Waals surface area (Å²) in [6.45, 7) is 1.99. The molecule has 0 saturated carbocycles. The second-order valence-electron chi connectivity index (χ2n) is 9.27. The summed E-state index contributed by atoms with van der Waals surface area (Å²) in [6, 6.07) is 20.3. The molecular formula is C28H20F3N5O4S. The van der Waals surface area contributed by atoms with Gasteiger partial charge in [-0.2, -0.15) is 36.5 Å². The van der Waals surface area contributed by atoms with Crippen molar-refractivity contribution in [3.05, 3.63) is 113 Å². The van der Waals surface area contributed by atoms with E-state index < -0.39 is 26.9 Å². The van der Waals surface area contributed by atoms with Crippen LogP contribution in [0, 0.1) is 6.92 Å². The first-order valence-electron chi connectivity index (χ1n) is 12.2. The molecule has 4 aromatic rings. The number of rotatable bonds is 6. The first-order chi connectivity index (χ1) is 19.5. The molecule has 3 heterocycles. The van der Waals surface area contributed by atoms with Gasteiger partial charge >= 0.3 is 15.6 Å². The van der Waals surface area contributed by atoms with Crippen molar-refractivity contribution in [2.75, 3.05) is 0 Å². The van der Waals surface area contributed by atoms with Gasteiger partial charge in [0.05, 0.1) is 27.8 Å². The number of halogens is 3. The Kier molecular flexibility index (Phi) is 6.18. The standard InChI is InChI=1S/C28H20F3N5O4S/c1-18-6-2-3-7-22(18)36-27(37)21-17-34(16-19-10-12-20(13-11-19)35-15-5-14-32-35)23-8-4-9-24(25(23)26(21)33-36)40-41(38,39)28(29,30)31/h2-15,17H,16H2,1H3. The molecule has 0 radical (unpaired) electrons. The second kappa shape index (κ2) is 9.63. The molecule has 9 nitrogen and oxygen atoms in total. The predicted molar refractivity (Wildman–Crippen MR) is 145 cm³/mol. The minimum Gasteiger partial charge on any atom is -0.375 e. The molecule has 3 aromatic carbocycles. The van der Waals surface area contributed by atoms with E-state index in [1.807, 2.05) is 24.3 Å². The van der Waals surface area contributed by atoms with Crippen LogP contribution in [-0.2, 0) is 16.7 Å². The summed E-state index contributed by atoms with van der Waals surface area (Å²) >= 11 is 0. The average Bonchev–Trinajstić information content (AvgIpc) is 3.58. The van der Waals surface area contributed by atoms with E-state index >= 15 is 0 Å². The fourth-order valence-corrected chi connectivity index (χ4v) is 5.11. The molecular weight excluding hydrogens is 559 g/mol. The number of benzene rings is 3. The third kappa shape index (κ3) is 4.63. The first kappa shape index (κ1) is 26.3. The van der Waals surface area contributed by atoms with Crippen LogP contribution in [0.15, 0.2) is 96.2 Å². The zero-order valence-electron chi connectivity index (χ0n) is 21.3. The van der Waals surface area contributed by atoms with E-state index in [1.165, 1.54) is 6.07 Å². The summed E-state index contributed by atoms with van der Waals surface area (Å²) < 4.78 is 72.9. The van der Waals surface area contributed by atoms with Gasteiger partial charge in [0.1, 0.15) is 5.69 Å². The average molecular weight is 580 g/mol. The molecule has 0 amide bonds. The van der Waals surface area contributed by atoms with Crippen LogP contribution in [-0.4, -0.2) is 38.1 Å². The number of fused-ring (bicyclic) bond motifs is 3. The molecule has 0 fully saturated rings. The van der Waals surface area contributed by atoms with Gasteiger partial charge in [-0.15, -0.1) is 0 Å². The summed E-state index contributed by atoms with van der Waals surface area (Å²) in [6.07, 6.45) is 5.01. The Bertz CT molecular complexity index is 2030. The number of aromatic nitrogens is 5. The van der Waals surface area contributed by atoms with E-state index in [0.717, 1.165) is 27.6 Å². The monoisotopic (exact) mass is 579 g/mol. The highest BCUT2D eigenvalue weighted by atomic mass is 32.2. The number of nitrogens with zero attached hydrogens (tertiary/aromatic N) is 5. The van der Waals surface area contributed by atoms with Crippen molar-refractivity contribution < 1.29 is 25.8 Å². The number of pyridine rings is 1. The van der Waals surface area contributed by atoms with Gasteiger partial charge in [-0.25, -0.2) is 4.68 Å². The maximum absolute atomic E-state index is 13.6. The van der Waals surface area contributed by atoms with Crippen LogP contribution in [0.25, 0.3) is 33.5 Å². The molecule has 2 aliphatic rings. The van der Waals surface area contributed by atoms with Crippen LogP contribution in [0.3, 0.4) is 0 Å². The smallest absolute Gasteiger partial charge is 0.375 e. The van der Waals surface area contributed by atoms with Crippen molar-refractivity contribution in [2.45, 2.75) is 19.0 Å². The van der Waals surface area contributed by atoms with Crippen molar-refractivity contribution in [3.63, 3.8) is 0 Å². The van der Waals surface area contributed by atoms with Gasteiger partial charge in [0.25, 0.3) is 5.56 Å². The van der Waals surface area contributed by atoms with Crippen molar-refractivity contribution in [3.8, 4) is 28.4 Å². The molecule has 0 N–H and O–H groups in total. The van der Waals surface area contributed by atoms with Crippen molar-refractivity contribution in [2.24, 2.45) is 0 Å². The summed E-state index contributed by atoms with van der Waals surface area (Å²) in [7, 11) is -6.00. The lowest BCUT2D eigenvalue weighted by atomic mass is 10.1. The molecule has 2 aliphatic heterocycles. The maximum atomic E-state index is 13.6. The topological polar surface area (TPSA) is 101 Å². The minimum atomic E-state index is -6.00. The summed E-state index contributed by atoms with van der Waals surface area (Å²) in [5, 5.41) is 8.59. The Morgan fingerprint density at radius 2 is 1.71 bits per heavy atom. The van der Waals surface area contributed by atoms with Crippen molar-refractivity contribution >= 4 is 21.0 Å². The van der Waals surface area contributed by atoms with Crippen LogP contribution in [0.2, 0.25) is 0 Å². The fourth-order valence-electron chi connectivity index (χ4n) is 4.64. The zero-order valence-corrected chi connectivity index (χ0v) is 22.1. The molecule has 0 bridgehead atoms. The third-order valence-corrected chi connectivity index (χ3v) is 7.56. The number of alkyl halides is 3. The van der Waals surface area contributed by atoms with Gasteiger partial charge in [0.15, 0.2) is 5.75 Å². The van der Waals surface area contributed by atoms with E-state index in [9.17, 15) is 26.4 Å². The predicted octanol–water partition coefficient (Wildman–Crippen LogP) is 5.06. The minimum absolute atomic E-state index is 0.00603. The van der Waals surface area contributed by atoms with Crippen LogP contribution in [0.5, 0.6) is 5.75 Å². The van der Waals surface area contributed by atoms with Crippen molar-refractivity contribution in [1.29, 1.82) is 0 Å². The quantitative estimate of drug-likeness (QED) is 0.202. The summed E-state index contributed by atoms with van der Waals surface area (Å²) in [4.78, 5) is 13.6. The van der Waals surface area contributed by atoms with Gasteiger partial charge in [0, 0.05) is 25.1 Å². The Labute approximate surface area is 231 Å². The summed E-state index contributed by atoms with van der Waals surface area (Å²) in [5.74, 6) is -0.595. The summed E-state index contributed by atoms with van der Waals surface area (Å²) in [5.41, 5.74) is -2.93. The van der Waals surface area contributed by atoms with Gasteiger partial charge in [-0.1, -0.05) is 36.4 Å². The van der Waals surface area contributed by atoms with Gasteiger partial charge in [0.2, 0.25) is 0 Å². The highest BCUT2D eigenvalue weighted by molar-refractivity contribution is 7.88. The Morgan fingerprint density at radius 1 is 0.951 bits per heavy atom. The molecule has 0 spiro atoms. The lowest BCUT2D eigenvalue weighted by Crippen LogP contribution is -2.28. The molecule has 13 heteroatoms. The fraction of sp³-hybridized carbons (Fsp3) is 0.107. The molecule has 1 aromatic heterocycles. The largest absolute Gasteiger partial charge is 0.534 e. The Morgan fingerprint density at radius 3 is 2.39 bits per heavy atom. The van der Waals surface area contributed by atoms with Gasteiger partial charge in [-0.05, 0) is 54.4 Å². The Balaban J connectivity index is 1.56. The molecule has 0 aliphatic carbocycles. The third-order valence-electron chi connectivity index (χ3n) is 6.60. The lowest BCUT2D eigenvalue weighted by molar-refractivity contribution is -0.0499. The molecule has 6 rings (SSSR count). The number of para-hydroxylation sites is 1. The van der Waals surface area contributed by atoms with E-state index in [4.69, 9.17) is 0 Å². The van der Waals surface area contributed by atoms with Crippen molar-refractivity contribution in [1.82, 2.24) is 24.1 Å². The molecule has 0 saturated heterocycles. The van der Waals surface area contributed by atoms with Crippen LogP contribution < -0.4 is 9.74 Å². The maximum Gasteiger partial charge on any atom is 0.534 e. The zero-order chi connectivity index (χ0) is 28.9. The highest BCUT2D eigenvalue weighted by Gasteiger charge is 2.49. The second-order valence-corrected chi connectivity index (χ2v) is 10.8. The van der Waals surface area contributed by atoms with Gasteiger partial charge in [-0.3, -0.25) is 4.79 Å². The van der Waals surface area contributed by atoms with E-state index in [-0.39, 0.29) is 23.2 Å². The molecule has 41 heavy (non-hydrogen) atoms. The SMILES string of the molecule is Cc1ccccc1-n1nc2c3c(OS(=O)(=O)C(F)(F)F)cccc3n(Cc3ccc(-n4cccn4)cc3)cc-2c1=O. The molecule has 0 unspecified atom stereocenters. The van der Waals surface area contributed by atoms with Crippen LogP contribution >= 0.6 is 0 Å². The molecule has 208 valence electrons. The normalized spacial score (nSPS) is 12.3. The highest BCUT2D eigenvalue weighted by Crippen LogP contribution is 2.38. The number of hydrogen-bond acceptors (Lipinski definition) is 6.